The number of pyridine rings is 1. The summed E-state index contributed by atoms with van der Waals surface area (Å²) in [6, 6.07) is 7.66. The Balaban J connectivity index is 1.80. The van der Waals surface area contributed by atoms with E-state index in [0.717, 1.165) is 22.2 Å². The maximum atomic E-state index is 12.4. The summed E-state index contributed by atoms with van der Waals surface area (Å²) in [6.07, 6.45) is 1.76. The summed E-state index contributed by atoms with van der Waals surface area (Å²) in [7, 11) is 0. The predicted octanol–water partition coefficient (Wildman–Crippen LogP) is 2.85. The molecule has 0 bridgehead atoms. The number of hydrogen-bond acceptors (Lipinski definition) is 3. The highest BCUT2D eigenvalue weighted by atomic mass is 16.1. The van der Waals surface area contributed by atoms with Crippen LogP contribution in [0.1, 0.15) is 47.1 Å². The fourth-order valence-electron chi connectivity index (χ4n) is 2.98. The number of nitrogens with one attached hydrogen (secondary N) is 2. The number of carbonyl (C=O) groups is 1. The average Bonchev–Trinajstić information content (AvgIpc) is 2.96. The van der Waals surface area contributed by atoms with Crippen molar-refractivity contribution in [1.29, 1.82) is 0 Å². The summed E-state index contributed by atoms with van der Waals surface area (Å²) in [6.45, 7) is 8.03. The topological polar surface area (TPSA) is 79.8 Å². The van der Waals surface area contributed by atoms with Crippen LogP contribution in [0.3, 0.4) is 0 Å². The standard InChI is InChI=1S/C19H22N4O2/c1-11(2)23-17-6-5-14(8-15(17)9-21-23)18(24)20-10-16-12(3)7-13(4)22-19(16)25/h5-9,11H,10H2,1-4H3,(H,20,24)(H,22,25). The second kappa shape index (κ2) is 6.55. The fraction of sp³-hybridized carbons (Fsp3) is 0.316. The molecule has 25 heavy (non-hydrogen) atoms. The number of aromatic nitrogens is 3. The van der Waals surface area contributed by atoms with Crippen molar-refractivity contribution in [2.45, 2.75) is 40.3 Å². The zero-order chi connectivity index (χ0) is 18.1. The Kier molecular flexibility index (Phi) is 4.44. The molecular weight excluding hydrogens is 316 g/mol. The largest absolute Gasteiger partial charge is 0.348 e. The third-order valence-electron chi connectivity index (χ3n) is 4.27. The Hall–Kier alpha value is -2.89. The second-order valence-electron chi connectivity index (χ2n) is 6.58. The highest BCUT2D eigenvalue weighted by Crippen LogP contribution is 2.19. The van der Waals surface area contributed by atoms with Crippen molar-refractivity contribution < 1.29 is 4.79 Å². The van der Waals surface area contributed by atoms with Gasteiger partial charge in [-0.15, -0.1) is 0 Å². The van der Waals surface area contributed by atoms with Gasteiger partial charge in [-0.2, -0.15) is 5.10 Å². The second-order valence-corrected chi connectivity index (χ2v) is 6.58. The Morgan fingerprint density at radius 1 is 1.28 bits per heavy atom. The first-order valence-electron chi connectivity index (χ1n) is 8.31. The molecule has 6 nitrogen and oxygen atoms in total. The van der Waals surface area contributed by atoms with Crippen molar-refractivity contribution in [1.82, 2.24) is 20.1 Å². The molecule has 0 aliphatic carbocycles. The van der Waals surface area contributed by atoms with E-state index in [9.17, 15) is 9.59 Å². The molecule has 130 valence electrons. The predicted molar refractivity (Wildman–Crippen MR) is 97.8 cm³/mol. The van der Waals surface area contributed by atoms with Crippen LogP contribution in [0.5, 0.6) is 0 Å². The molecule has 0 unspecified atom stereocenters. The van der Waals surface area contributed by atoms with Crippen molar-refractivity contribution >= 4 is 16.8 Å². The first-order valence-corrected chi connectivity index (χ1v) is 8.31. The molecule has 2 heterocycles. The first-order chi connectivity index (χ1) is 11.9. The normalized spacial score (nSPS) is 11.2. The van der Waals surface area contributed by atoms with E-state index < -0.39 is 0 Å². The smallest absolute Gasteiger partial charge is 0.253 e. The molecule has 0 atom stereocenters. The van der Waals surface area contributed by atoms with Gasteiger partial charge in [-0.25, -0.2) is 0 Å². The minimum absolute atomic E-state index is 0.161. The van der Waals surface area contributed by atoms with E-state index in [-0.39, 0.29) is 24.1 Å². The lowest BCUT2D eigenvalue weighted by atomic mass is 10.1. The maximum Gasteiger partial charge on any atom is 0.253 e. The highest BCUT2D eigenvalue weighted by molar-refractivity contribution is 5.97. The lowest BCUT2D eigenvalue weighted by Gasteiger charge is -2.09. The van der Waals surface area contributed by atoms with Gasteiger partial charge < -0.3 is 10.3 Å². The van der Waals surface area contributed by atoms with Gasteiger partial charge in [0.05, 0.1) is 11.7 Å². The lowest BCUT2D eigenvalue weighted by molar-refractivity contribution is 0.0951. The molecule has 0 saturated heterocycles. The SMILES string of the molecule is Cc1cc(C)c(CNC(=O)c2ccc3c(cnn3C(C)C)c2)c(=O)[nH]1. The number of fused-ring (bicyclic) bond motifs is 1. The molecule has 3 rings (SSSR count). The molecule has 0 fully saturated rings. The average molecular weight is 338 g/mol. The molecular formula is C19H22N4O2. The number of H-pyrrole nitrogens is 1. The van der Waals surface area contributed by atoms with Gasteiger partial charge in [-0.1, -0.05) is 0 Å². The number of nitrogens with zero attached hydrogens (tertiary/aromatic N) is 2. The molecule has 0 aliphatic rings. The molecule has 2 aromatic heterocycles. The van der Waals surface area contributed by atoms with E-state index in [1.807, 2.05) is 36.7 Å². The molecule has 3 aromatic rings. The highest BCUT2D eigenvalue weighted by Gasteiger charge is 2.12. The van der Waals surface area contributed by atoms with Crippen LogP contribution in [0.15, 0.2) is 35.3 Å². The Labute approximate surface area is 145 Å². The number of amides is 1. The van der Waals surface area contributed by atoms with Gasteiger partial charge in [0.25, 0.3) is 11.5 Å². The van der Waals surface area contributed by atoms with Gasteiger partial charge in [0.2, 0.25) is 0 Å². The van der Waals surface area contributed by atoms with Crippen molar-refractivity contribution in [2.24, 2.45) is 0 Å². The van der Waals surface area contributed by atoms with Crippen LogP contribution in [-0.2, 0) is 6.54 Å². The van der Waals surface area contributed by atoms with Gasteiger partial charge in [-0.05, 0) is 57.5 Å². The molecule has 2 N–H and O–H groups in total. The Morgan fingerprint density at radius 3 is 2.72 bits per heavy atom. The van der Waals surface area contributed by atoms with Crippen molar-refractivity contribution in [3.8, 4) is 0 Å². The quantitative estimate of drug-likeness (QED) is 0.768. The van der Waals surface area contributed by atoms with Crippen LogP contribution in [0.2, 0.25) is 0 Å². The monoisotopic (exact) mass is 338 g/mol. The summed E-state index contributed by atoms with van der Waals surface area (Å²) in [5.74, 6) is -0.210. The molecule has 1 aromatic carbocycles. The van der Waals surface area contributed by atoms with Crippen molar-refractivity contribution in [2.75, 3.05) is 0 Å². The molecule has 0 radical (unpaired) electrons. The number of rotatable bonds is 4. The number of aryl methyl sites for hydroxylation is 2. The Morgan fingerprint density at radius 2 is 2.04 bits per heavy atom. The summed E-state index contributed by atoms with van der Waals surface area (Å²) >= 11 is 0. The van der Waals surface area contributed by atoms with Gasteiger partial charge in [0.15, 0.2) is 0 Å². The summed E-state index contributed by atoms with van der Waals surface area (Å²) in [5.41, 5.74) is 3.65. The number of benzene rings is 1. The zero-order valence-corrected chi connectivity index (χ0v) is 14.9. The number of hydrogen-bond donors (Lipinski definition) is 2. The number of aromatic amines is 1. The molecule has 0 spiro atoms. The number of carbonyl (C=O) groups excluding carboxylic acids is 1. The van der Waals surface area contributed by atoms with E-state index in [4.69, 9.17) is 0 Å². The third kappa shape index (κ3) is 3.33. The maximum absolute atomic E-state index is 12.4. The zero-order valence-electron chi connectivity index (χ0n) is 14.9. The third-order valence-corrected chi connectivity index (χ3v) is 4.27. The molecule has 6 heteroatoms. The minimum Gasteiger partial charge on any atom is -0.348 e. The molecule has 0 aliphatic heterocycles. The fourth-order valence-corrected chi connectivity index (χ4v) is 2.98. The van der Waals surface area contributed by atoms with Crippen LogP contribution in [0.25, 0.3) is 10.9 Å². The van der Waals surface area contributed by atoms with Crippen molar-refractivity contribution in [3.05, 3.63) is 63.2 Å². The van der Waals surface area contributed by atoms with Crippen LogP contribution in [0, 0.1) is 13.8 Å². The summed E-state index contributed by atoms with van der Waals surface area (Å²) in [5, 5.41) is 8.11. The van der Waals surface area contributed by atoms with Gasteiger partial charge in [-0.3, -0.25) is 14.3 Å². The van der Waals surface area contributed by atoms with Gasteiger partial charge in [0, 0.05) is 34.8 Å². The van der Waals surface area contributed by atoms with Gasteiger partial charge >= 0.3 is 0 Å². The summed E-state index contributed by atoms with van der Waals surface area (Å²) < 4.78 is 1.92. The Bertz CT molecular complexity index is 998. The minimum atomic E-state index is -0.210. The van der Waals surface area contributed by atoms with E-state index in [1.54, 1.807) is 12.3 Å². The van der Waals surface area contributed by atoms with E-state index in [2.05, 4.69) is 29.2 Å². The van der Waals surface area contributed by atoms with Crippen LogP contribution in [-0.4, -0.2) is 20.7 Å². The van der Waals surface area contributed by atoms with Crippen LogP contribution >= 0.6 is 0 Å². The first kappa shape index (κ1) is 17.0. The lowest BCUT2D eigenvalue weighted by Crippen LogP contribution is -2.27. The molecule has 0 saturated carbocycles. The van der Waals surface area contributed by atoms with Crippen LogP contribution in [0.4, 0.5) is 0 Å². The molecule has 1 amide bonds. The van der Waals surface area contributed by atoms with E-state index in [1.165, 1.54) is 0 Å². The van der Waals surface area contributed by atoms with Crippen LogP contribution < -0.4 is 10.9 Å². The van der Waals surface area contributed by atoms with Gasteiger partial charge in [0.1, 0.15) is 0 Å². The van der Waals surface area contributed by atoms with Crippen molar-refractivity contribution in [3.63, 3.8) is 0 Å². The summed E-state index contributed by atoms with van der Waals surface area (Å²) in [4.78, 5) is 27.2. The van der Waals surface area contributed by atoms with E-state index >= 15 is 0 Å². The van der Waals surface area contributed by atoms with E-state index in [0.29, 0.717) is 11.1 Å².